The molecule has 0 radical (unpaired) electrons. The molecule has 1 aromatic rings. The van der Waals surface area contributed by atoms with E-state index < -0.39 is 27.6 Å². The Hall–Kier alpha value is -1.70. The van der Waals surface area contributed by atoms with Crippen LogP contribution in [-0.2, 0) is 14.8 Å². The molecule has 0 aromatic heterocycles. The average molecular weight is 292 g/mol. The topological polar surface area (TPSA) is 80.5 Å². The van der Waals surface area contributed by atoms with Crippen LogP contribution in [0.2, 0.25) is 0 Å². The number of halogens is 2. The number of sulfonamides is 1. The van der Waals surface area contributed by atoms with E-state index in [0.717, 1.165) is 28.8 Å². The predicted molar refractivity (Wildman–Crippen MR) is 67.0 cm³/mol. The van der Waals surface area contributed by atoms with E-state index >= 15 is 0 Å². The first-order valence-electron chi connectivity index (χ1n) is 5.43. The molecule has 19 heavy (non-hydrogen) atoms. The van der Waals surface area contributed by atoms with Crippen LogP contribution in [0, 0.1) is 11.6 Å². The number of carbonyl (C=O) groups is 1. The Balaban J connectivity index is 2.97. The summed E-state index contributed by atoms with van der Waals surface area (Å²) < 4.78 is 50.0. The third kappa shape index (κ3) is 4.47. The smallest absolute Gasteiger partial charge is 0.232 e. The van der Waals surface area contributed by atoms with Crippen molar-refractivity contribution >= 4 is 21.6 Å². The molecule has 0 atom stereocenters. The third-order valence-electron chi connectivity index (χ3n) is 2.38. The number of hydrogen-bond donors (Lipinski definition) is 1. The van der Waals surface area contributed by atoms with Gasteiger partial charge in [-0.2, -0.15) is 0 Å². The maximum absolute atomic E-state index is 13.1. The second-order valence-electron chi connectivity index (χ2n) is 4.00. The van der Waals surface area contributed by atoms with Gasteiger partial charge in [0.25, 0.3) is 0 Å². The number of anilines is 1. The second-order valence-corrected chi connectivity index (χ2v) is 5.91. The summed E-state index contributed by atoms with van der Waals surface area (Å²) in [6.07, 6.45) is 1.15. The van der Waals surface area contributed by atoms with Crippen LogP contribution in [0.25, 0.3) is 0 Å². The van der Waals surface area contributed by atoms with Crippen LogP contribution in [0.15, 0.2) is 18.2 Å². The van der Waals surface area contributed by atoms with Crippen LogP contribution in [0.1, 0.15) is 12.8 Å². The second kappa shape index (κ2) is 5.96. The third-order valence-corrected chi connectivity index (χ3v) is 3.57. The van der Waals surface area contributed by atoms with Crippen LogP contribution in [0.5, 0.6) is 0 Å². The van der Waals surface area contributed by atoms with Crippen molar-refractivity contribution in [3.63, 3.8) is 0 Å². The van der Waals surface area contributed by atoms with Gasteiger partial charge in [0.05, 0.1) is 11.9 Å². The highest BCUT2D eigenvalue weighted by molar-refractivity contribution is 7.92. The van der Waals surface area contributed by atoms with E-state index in [2.05, 4.69) is 0 Å². The number of carbonyl (C=O) groups excluding carboxylic acids is 1. The Morgan fingerprint density at radius 2 is 1.95 bits per heavy atom. The van der Waals surface area contributed by atoms with Gasteiger partial charge in [0.1, 0.15) is 0 Å². The number of primary amides is 1. The van der Waals surface area contributed by atoms with Gasteiger partial charge in [0.2, 0.25) is 15.9 Å². The Bertz CT molecular complexity index is 575. The van der Waals surface area contributed by atoms with E-state index in [1.54, 1.807) is 0 Å². The largest absolute Gasteiger partial charge is 0.370 e. The van der Waals surface area contributed by atoms with E-state index in [-0.39, 0.29) is 25.1 Å². The van der Waals surface area contributed by atoms with Gasteiger partial charge in [-0.3, -0.25) is 9.10 Å². The molecule has 0 heterocycles. The van der Waals surface area contributed by atoms with E-state index in [0.29, 0.717) is 0 Å². The molecular weight excluding hydrogens is 278 g/mol. The molecule has 1 amide bonds. The monoisotopic (exact) mass is 292 g/mol. The summed E-state index contributed by atoms with van der Waals surface area (Å²) in [4.78, 5) is 10.6. The molecule has 5 nitrogen and oxygen atoms in total. The van der Waals surface area contributed by atoms with Crippen LogP contribution < -0.4 is 10.0 Å². The molecule has 2 N–H and O–H groups in total. The number of nitrogens with zero attached hydrogens (tertiary/aromatic N) is 1. The fraction of sp³-hybridized carbons (Fsp3) is 0.364. The standard InChI is InChI=1S/C11H14F2N2O3S/c1-19(17,18)15(6-2-3-11(14)16)8-4-5-9(12)10(13)7-8/h4-5,7H,2-3,6H2,1H3,(H2,14,16). The number of rotatable bonds is 6. The van der Waals surface area contributed by atoms with Gasteiger partial charge in [-0.05, 0) is 18.6 Å². The molecule has 0 fully saturated rings. The van der Waals surface area contributed by atoms with E-state index in [4.69, 9.17) is 5.73 Å². The maximum Gasteiger partial charge on any atom is 0.232 e. The van der Waals surface area contributed by atoms with E-state index in [1.165, 1.54) is 0 Å². The summed E-state index contributed by atoms with van der Waals surface area (Å²) >= 11 is 0. The Kier molecular flexibility index (Phi) is 4.82. The molecule has 0 aliphatic rings. The molecule has 0 saturated heterocycles. The molecule has 0 saturated carbocycles. The van der Waals surface area contributed by atoms with Gasteiger partial charge in [-0.15, -0.1) is 0 Å². The minimum absolute atomic E-state index is 0.00544. The van der Waals surface area contributed by atoms with Crippen molar-refractivity contribution in [1.29, 1.82) is 0 Å². The predicted octanol–water partition coefficient (Wildman–Crippen LogP) is 0.996. The number of nitrogens with two attached hydrogens (primary N) is 1. The van der Waals surface area contributed by atoms with Crippen LogP contribution >= 0.6 is 0 Å². The van der Waals surface area contributed by atoms with Crippen LogP contribution in [0.4, 0.5) is 14.5 Å². The Labute approximate surface area is 110 Å². The van der Waals surface area contributed by atoms with Gasteiger partial charge < -0.3 is 5.73 Å². The highest BCUT2D eigenvalue weighted by Gasteiger charge is 2.18. The lowest BCUT2D eigenvalue weighted by Crippen LogP contribution is -2.31. The first-order valence-corrected chi connectivity index (χ1v) is 7.27. The van der Waals surface area contributed by atoms with Crippen LogP contribution in [-0.4, -0.2) is 27.1 Å². The van der Waals surface area contributed by atoms with Gasteiger partial charge in [-0.1, -0.05) is 0 Å². The molecule has 0 unspecified atom stereocenters. The fourth-order valence-corrected chi connectivity index (χ4v) is 2.48. The summed E-state index contributed by atoms with van der Waals surface area (Å²) in [7, 11) is -3.65. The molecule has 0 bridgehead atoms. The van der Waals surface area contributed by atoms with E-state index in [1.807, 2.05) is 0 Å². The van der Waals surface area contributed by atoms with Gasteiger partial charge >= 0.3 is 0 Å². The quantitative estimate of drug-likeness (QED) is 0.849. The molecule has 0 aliphatic carbocycles. The summed E-state index contributed by atoms with van der Waals surface area (Å²) in [5.41, 5.74) is 4.96. The molecule has 1 aromatic carbocycles. The normalized spacial score (nSPS) is 11.3. The van der Waals surface area contributed by atoms with Crippen molar-refractivity contribution in [3.05, 3.63) is 29.8 Å². The summed E-state index contributed by atoms with van der Waals surface area (Å²) in [6.45, 7) is -0.0349. The minimum atomic E-state index is -3.65. The molecular formula is C11H14F2N2O3S. The van der Waals surface area contributed by atoms with Crippen molar-refractivity contribution in [1.82, 2.24) is 0 Å². The first-order chi connectivity index (χ1) is 8.71. The molecule has 0 aliphatic heterocycles. The van der Waals surface area contributed by atoms with Crippen molar-refractivity contribution < 1.29 is 22.0 Å². The average Bonchev–Trinajstić information content (AvgIpc) is 2.26. The summed E-state index contributed by atoms with van der Waals surface area (Å²) in [5, 5.41) is 0. The Morgan fingerprint density at radius 1 is 1.32 bits per heavy atom. The number of amides is 1. The lowest BCUT2D eigenvalue weighted by molar-refractivity contribution is -0.118. The van der Waals surface area contributed by atoms with Crippen LogP contribution in [0.3, 0.4) is 0 Å². The molecule has 1 rings (SSSR count). The fourth-order valence-electron chi connectivity index (χ4n) is 1.52. The minimum Gasteiger partial charge on any atom is -0.370 e. The zero-order valence-corrected chi connectivity index (χ0v) is 11.1. The molecule has 8 heteroatoms. The highest BCUT2D eigenvalue weighted by atomic mass is 32.2. The number of benzene rings is 1. The van der Waals surface area contributed by atoms with Gasteiger partial charge in [0.15, 0.2) is 11.6 Å². The van der Waals surface area contributed by atoms with Gasteiger partial charge in [0, 0.05) is 19.0 Å². The summed E-state index contributed by atoms with van der Waals surface area (Å²) in [6, 6.07) is 2.79. The summed E-state index contributed by atoms with van der Waals surface area (Å²) in [5.74, 6) is -2.76. The van der Waals surface area contributed by atoms with Crippen molar-refractivity contribution in [3.8, 4) is 0 Å². The van der Waals surface area contributed by atoms with Gasteiger partial charge in [-0.25, -0.2) is 17.2 Å². The van der Waals surface area contributed by atoms with Crippen molar-refractivity contribution in [2.45, 2.75) is 12.8 Å². The van der Waals surface area contributed by atoms with Crippen molar-refractivity contribution in [2.75, 3.05) is 17.1 Å². The lowest BCUT2D eigenvalue weighted by atomic mass is 10.2. The lowest BCUT2D eigenvalue weighted by Gasteiger charge is -2.22. The number of hydrogen-bond acceptors (Lipinski definition) is 3. The molecule has 106 valence electrons. The molecule has 0 spiro atoms. The van der Waals surface area contributed by atoms with Crippen molar-refractivity contribution in [2.24, 2.45) is 5.73 Å². The Morgan fingerprint density at radius 3 is 2.42 bits per heavy atom. The zero-order valence-electron chi connectivity index (χ0n) is 10.3. The van der Waals surface area contributed by atoms with E-state index in [9.17, 15) is 22.0 Å². The maximum atomic E-state index is 13.1. The SMILES string of the molecule is CS(=O)(=O)N(CCCC(N)=O)c1ccc(F)c(F)c1. The highest BCUT2D eigenvalue weighted by Crippen LogP contribution is 2.20. The first kappa shape index (κ1) is 15.4. The zero-order chi connectivity index (χ0) is 14.6.